The fraction of sp³-hybridized carbons (Fsp3) is 0.533. The summed E-state index contributed by atoms with van der Waals surface area (Å²) >= 11 is 1.83. The topological polar surface area (TPSA) is 55.9 Å². The second-order valence-corrected chi connectivity index (χ2v) is 7.12. The minimum atomic E-state index is 0.220. The first kappa shape index (κ1) is 14.9. The van der Waals surface area contributed by atoms with Crippen molar-refractivity contribution in [3.8, 4) is 0 Å². The van der Waals surface area contributed by atoms with Crippen molar-refractivity contribution in [1.82, 2.24) is 9.78 Å². The molecule has 0 saturated carbocycles. The SMILES string of the molecule is Cc1cc(C(C)Nc2c(N)c(C(C)C)nn2C)c(C)s1. The molecule has 2 heterocycles. The lowest BCUT2D eigenvalue weighted by Gasteiger charge is -2.16. The first-order chi connectivity index (χ1) is 9.31. The molecule has 0 radical (unpaired) electrons. The molecule has 3 N–H and O–H groups in total. The highest BCUT2D eigenvalue weighted by Gasteiger charge is 2.19. The smallest absolute Gasteiger partial charge is 0.148 e. The lowest BCUT2D eigenvalue weighted by molar-refractivity contribution is 0.708. The summed E-state index contributed by atoms with van der Waals surface area (Å²) < 4.78 is 1.84. The molecule has 0 saturated heterocycles. The lowest BCUT2D eigenvalue weighted by Crippen LogP contribution is -2.11. The maximum atomic E-state index is 6.23. The Labute approximate surface area is 125 Å². The van der Waals surface area contributed by atoms with E-state index in [1.807, 2.05) is 23.1 Å². The van der Waals surface area contributed by atoms with Gasteiger partial charge in [0, 0.05) is 16.8 Å². The highest BCUT2D eigenvalue weighted by molar-refractivity contribution is 7.12. The third-order valence-electron chi connectivity index (χ3n) is 3.56. The average molecular weight is 292 g/mol. The molecule has 2 aromatic heterocycles. The largest absolute Gasteiger partial charge is 0.394 e. The fourth-order valence-corrected chi connectivity index (χ4v) is 3.54. The van der Waals surface area contributed by atoms with E-state index in [0.29, 0.717) is 5.92 Å². The van der Waals surface area contributed by atoms with Gasteiger partial charge in [-0.1, -0.05) is 13.8 Å². The summed E-state index contributed by atoms with van der Waals surface area (Å²) in [5, 5.41) is 8.02. The van der Waals surface area contributed by atoms with E-state index in [4.69, 9.17) is 5.73 Å². The van der Waals surface area contributed by atoms with Crippen molar-refractivity contribution in [3.05, 3.63) is 27.1 Å². The molecule has 4 nitrogen and oxygen atoms in total. The number of hydrogen-bond donors (Lipinski definition) is 2. The molecule has 1 unspecified atom stereocenters. The number of rotatable bonds is 4. The Hall–Kier alpha value is -1.49. The van der Waals surface area contributed by atoms with Crippen molar-refractivity contribution in [2.75, 3.05) is 11.1 Å². The Morgan fingerprint density at radius 1 is 1.30 bits per heavy atom. The summed E-state index contributed by atoms with van der Waals surface area (Å²) in [6, 6.07) is 2.46. The van der Waals surface area contributed by atoms with Crippen molar-refractivity contribution >= 4 is 22.8 Å². The molecule has 0 aliphatic carbocycles. The van der Waals surface area contributed by atoms with Gasteiger partial charge in [0.15, 0.2) is 0 Å². The second-order valence-electron chi connectivity index (χ2n) is 5.66. The molecular formula is C15H24N4S. The quantitative estimate of drug-likeness (QED) is 0.896. The second kappa shape index (κ2) is 5.48. The zero-order valence-electron chi connectivity index (χ0n) is 13.1. The van der Waals surface area contributed by atoms with E-state index in [0.717, 1.165) is 17.2 Å². The molecule has 0 aliphatic heterocycles. The number of nitrogens with two attached hydrogens (primary N) is 1. The van der Waals surface area contributed by atoms with Gasteiger partial charge in [0.2, 0.25) is 0 Å². The summed E-state index contributed by atoms with van der Waals surface area (Å²) in [5.41, 5.74) is 9.29. The minimum Gasteiger partial charge on any atom is -0.394 e. The van der Waals surface area contributed by atoms with Crippen LogP contribution >= 0.6 is 11.3 Å². The fourth-order valence-electron chi connectivity index (χ4n) is 2.52. The molecule has 2 aromatic rings. The van der Waals surface area contributed by atoms with Gasteiger partial charge in [-0.05, 0) is 38.3 Å². The van der Waals surface area contributed by atoms with Crippen molar-refractivity contribution in [3.63, 3.8) is 0 Å². The molecule has 0 spiro atoms. The predicted octanol–water partition coefficient (Wildman–Crippen LogP) is 3.98. The molecule has 0 amide bonds. The average Bonchev–Trinajstić information content (AvgIpc) is 2.82. The first-order valence-corrected chi connectivity index (χ1v) is 7.78. The zero-order chi connectivity index (χ0) is 15.0. The first-order valence-electron chi connectivity index (χ1n) is 6.97. The Morgan fingerprint density at radius 2 is 1.95 bits per heavy atom. The number of aryl methyl sites for hydroxylation is 3. The summed E-state index contributed by atoms with van der Waals surface area (Å²) in [6.45, 7) is 10.7. The standard InChI is InChI=1S/C15H24N4S/c1-8(2)14-13(16)15(19(6)18-14)17-10(4)12-7-9(3)20-11(12)5/h7-8,10,17H,16H2,1-6H3. The van der Waals surface area contributed by atoms with Crippen LogP contribution in [-0.4, -0.2) is 9.78 Å². The van der Waals surface area contributed by atoms with Crippen LogP contribution in [0.4, 0.5) is 11.5 Å². The van der Waals surface area contributed by atoms with Gasteiger partial charge in [-0.2, -0.15) is 5.10 Å². The van der Waals surface area contributed by atoms with E-state index in [9.17, 15) is 0 Å². The van der Waals surface area contributed by atoms with Gasteiger partial charge in [0.05, 0.1) is 17.4 Å². The maximum Gasteiger partial charge on any atom is 0.148 e. The number of thiophene rings is 1. The maximum absolute atomic E-state index is 6.23. The van der Waals surface area contributed by atoms with E-state index in [1.54, 1.807) is 0 Å². The number of nitrogen functional groups attached to an aromatic ring is 1. The van der Waals surface area contributed by atoms with Crippen LogP contribution in [0.25, 0.3) is 0 Å². The van der Waals surface area contributed by atoms with Crippen LogP contribution in [0.3, 0.4) is 0 Å². The van der Waals surface area contributed by atoms with Gasteiger partial charge in [0.1, 0.15) is 5.82 Å². The highest BCUT2D eigenvalue weighted by Crippen LogP contribution is 2.33. The van der Waals surface area contributed by atoms with Gasteiger partial charge in [-0.25, -0.2) is 0 Å². The zero-order valence-corrected chi connectivity index (χ0v) is 13.9. The molecule has 0 aliphatic rings. The molecule has 0 aromatic carbocycles. The van der Waals surface area contributed by atoms with Crippen LogP contribution in [0.1, 0.15) is 53.7 Å². The van der Waals surface area contributed by atoms with Crippen LogP contribution < -0.4 is 11.1 Å². The molecule has 2 rings (SSSR count). The van der Waals surface area contributed by atoms with Crippen molar-refractivity contribution in [1.29, 1.82) is 0 Å². The third-order valence-corrected chi connectivity index (χ3v) is 4.54. The molecule has 1 atom stereocenters. The Kier molecular flexibility index (Phi) is 4.09. The normalized spacial score (nSPS) is 12.9. The number of nitrogens with one attached hydrogen (secondary N) is 1. The summed E-state index contributed by atoms with van der Waals surface area (Å²) in [5.74, 6) is 1.24. The van der Waals surface area contributed by atoms with Gasteiger partial charge >= 0.3 is 0 Å². The Bertz CT molecular complexity index is 610. The van der Waals surface area contributed by atoms with Crippen LogP contribution in [0.5, 0.6) is 0 Å². The predicted molar refractivity (Wildman–Crippen MR) is 87.5 cm³/mol. The van der Waals surface area contributed by atoms with E-state index >= 15 is 0 Å². The van der Waals surface area contributed by atoms with Gasteiger partial charge in [-0.3, -0.25) is 4.68 Å². The molecule has 0 fully saturated rings. The van der Waals surface area contributed by atoms with Crippen LogP contribution in [0.15, 0.2) is 6.07 Å². The lowest BCUT2D eigenvalue weighted by atomic mass is 10.1. The Balaban J connectivity index is 2.28. The summed E-state index contributed by atoms with van der Waals surface area (Å²) in [4.78, 5) is 2.69. The summed E-state index contributed by atoms with van der Waals surface area (Å²) in [6.07, 6.45) is 0. The van der Waals surface area contributed by atoms with Crippen molar-refractivity contribution in [2.45, 2.75) is 46.6 Å². The molecule has 5 heteroatoms. The Morgan fingerprint density at radius 3 is 2.40 bits per heavy atom. The number of nitrogens with zero attached hydrogens (tertiary/aromatic N) is 2. The number of anilines is 2. The number of aromatic nitrogens is 2. The van der Waals surface area contributed by atoms with Crippen LogP contribution in [0.2, 0.25) is 0 Å². The molecule has 110 valence electrons. The van der Waals surface area contributed by atoms with Gasteiger partial charge in [0.25, 0.3) is 0 Å². The number of hydrogen-bond acceptors (Lipinski definition) is 4. The van der Waals surface area contributed by atoms with Crippen LogP contribution in [0, 0.1) is 13.8 Å². The van der Waals surface area contributed by atoms with Crippen LogP contribution in [-0.2, 0) is 7.05 Å². The molecular weight excluding hydrogens is 268 g/mol. The van der Waals surface area contributed by atoms with Crippen molar-refractivity contribution in [2.24, 2.45) is 7.05 Å². The van der Waals surface area contributed by atoms with Gasteiger partial charge < -0.3 is 11.1 Å². The summed E-state index contributed by atoms with van der Waals surface area (Å²) in [7, 11) is 1.93. The van der Waals surface area contributed by atoms with E-state index in [1.165, 1.54) is 15.3 Å². The molecule has 0 bridgehead atoms. The van der Waals surface area contributed by atoms with Crippen molar-refractivity contribution < 1.29 is 0 Å². The monoisotopic (exact) mass is 292 g/mol. The van der Waals surface area contributed by atoms with Gasteiger partial charge in [-0.15, -0.1) is 11.3 Å². The van der Waals surface area contributed by atoms with E-state index in [-0.39, 0.29) is 6.04 Å². The molecule has 20 heavy (non-hydrogen) atoms. The third kappa shape index (κ3) is 2.68. The highest BCUT2D eigenvalue weighted by atomic mass is 32.1. The van der Waals surface area contributed by atoms with E-state index in [2.05, 4.69) is 51.1 Å². The minimum absolute atomic E-state index is 0.220. The van der Waals surface area contributed by atoms with E-state index < -0.39 is 0 Å².